The number of nitrogens with zero attached hydrogens (tertiary/aromatic N) is 2. The summed E-state index contributed by atoms with van der Waals surface area (Å²) < 4.78 is 31.4. The first-order chi connectivity index (χ1) is 11.0. The Balaban J connectivity index is 1.88. The average molecular weight is 336 g/mol. The number of benzene rings is 1. The zero-order valence-electron chi connectivity index (χ0n) is 11.4. The molecule has 1 aromatic carbocycles. The van der Waals surface area contributed by atoms with E-state index in [1.807, 2.05) is 0 Å². The Hall–Kier alpha value is -2.80. The van der Waals surface area contributed by atoms with Crippen molar-refractivity contribution in [3.63, 3.8) is 0 Å². The smallest absolute Gasteiger partial charge is 0.279 e. The van der Waals surface area contributed by atoms with Crippen LogP contribution in [0.3, 0.4) is 0 Å². The van der Waals surface area contributed by atoms with Gasteiger partial charge in [0.15, 0.2) is 11.5 Å². The molecular formula is C15H8ClF2N3O2. The van der Waals surface area contributed by atoms with E-state index in [-0.39, 0.29) is 5.88 Å². The summed E-state index contributed by atoms with van der Waals surface area (Å²) in [6.45, 7) is 0. The van der Waals surface area contributed by atoms with Crippen molar-refractivity contribution in [1.29, 1.82) is 0 Å². The number of amides is 1. The molecule has 0 saturated heterocycles. The van der Waals surface area contributed by atoms with Crippen molar-refractivity contribution in [2.75, 3.05) is 5.32 Å². The fourth-order valence-corrected chi connectivity index (χ4v) is 2.03. The van der Waals surface area contributed by atoms with Gasteiger partial charge in [0.2, 0.25) is 5.88 Å². The number of carbonyl (C=O) groups excluding carboxylic acids is 1. The molecule has 23 heavy (non-hydrogen) atoms. The Kier molecular flexibility index (Phi) is 4.03. The zero-order valence-corrected chi connectivity index (χ0v) is 12.1. The number of hydrogen-bond acceptors (Lipinski definition) is 4. The molecule has 1 N–H and O–H groups in total. The van der Waals surface area contributed by atoms with Gasteiger partial charge in [-0.3, -0.25) is 10.1 Å². The van der Waals surface area contributed by atoms with Crippen molar-refractivity contribution < 1.29 is 18.1 Å². The molecule has 8 heteroatoms. The molecular weight excluding hydrogens is 328 g/mol. The molecule has 0 bridgehead atoms. The maximum absolute atomic E-state index is 13.6. The fraction of sp³-hybridized carbons (Fsp3) is 0. The summed E-state index contributed by atoms with van der Waals surface area (Å²) >= 11 is 5.82. The van der Waals surface area contributed by atoms with E-state index < -0.39 is 23.2 Å². The van der Waals surface area contributed by atoms with E-state index in [0.29, 0.717) is 22.2 Å². The normalized spacial score (nSPS) is 10.6. The summed E-state index contributed by atoms with van der Waals surface area (Å²) in [6, 6.07) is 7.32. The van der Waals surface area contributed by atoms with Gasteiger partial charge in [-0.1, -0.05) is 28.9 Å². The predicted octanol–water partition coefficient (Wildman–Crippen LogP) is 3.92. The summed E-state index contributed by atoms with van der Waals surface area (Å²) in [5.41, 5.74) is 0.626. The van der Waals surface area contributed by atoms with Crippen LogP contribution < -0.4 is 5.32 Å². The number of hydrogen-bond donors (Lipinski definition) is 1. The molecule has 2 heterocycles. The minimum Gasteiger partial charge on any atom is -0.338 e. The molecule has 2 aromatic heterocycles. The lowest BCUT2D eigenvalue weighted by Gasteiger charge is -2.05. The quantitative estimate of drug-likeness (QED) is 0.787. The van der Waals surface area contributed by atoms with Crippen molar-refractivity contribution in [2.24, 2.45) is 0 Å². The lowest BCUT2D eigenvalue weighted by Crippen LogP contribution is -2.16. The molecule has 0 unspecified atom stereocenters. The maximum Gasteiger partial charge on any atom is 0.279 e. The summed E-state index contributed by atoms with van der Waals surface area (Å²) in [7, 11) is 0. The fourth-order valence-electron chi connectivity index (χ4n) is 1.91. The predicted molar refractivity (Wildman–Crippen MR) is 79.1 cm³/mol. The molecule has 0 radical (unpaired) electrons. The highest BCUT2D eigenvalue weighted by atomic mass is 35.5. The Morgan fingerprint density at radius 1 is 1.17 bits per heavy atom. The van der Waals surface area contributed by atoms with E-state index in [9.17, 15) is 13.6 Å². The van der Waals surface area contributed by atoms with Crippen LogP contribution in [0.5, 0.6) is 0 Å². The SMILES string of the molecule is O=C(Nc1oncc1-c1ccc(Cl)cc1)c1ncc(F)cc1F. The number of carbonyl (C=O) groups is 1. The Bertz CT molecular complexity index is 865. The van der Waals surface area contributed by atoms with E-state index in [4.69, 9.17) is 16.1 Å². The number of rotatable bonds is 3. The van der Waals surface area contributed by atoms with E-state index >= 15 is 0 Å². The number of anilines is 1. The molecule has 3 aromatic rings. The van der Waals surface area contributed by atoms with Crippen LogP contribution in [0, 0.1) is 11.6 Å². The first-order valence-corrected chi connectivity index (χ1v) is 6.75. The van der Waals surface area contributed by atoms with Crippen LogP contribution in [0.4, 0.5) is 14.7 Å². The van der Waals surface area contributed by atoms with E-state index in [2.05, 4.69) is 15.5 Å². The van der Waals surface area contributed by atoms with Gasteiger partial charge in [0.1, 0.15) is 5.82 Å². The number of aromatic nitrogens is 2. The van der Waals surface area contributed by atoms with Gasteiger partial charge in [0.25, 0.3) is 5.91 Å². The van der Waals surface area contributed by atoms with Crippen LogP contribution in [0.1, 0.15) is 10.5 Å². The van der Waals surface area contributed by atoms with Crippen LogP contribution in [0.15, 0.2) is 47.2 Å². The van der Waals surface area contributed by atoms with Gasteiger partial charge in [-0.25, -0.2) is 13.8 Å². The van der Waals surface area contributed by atoms with Crippen LogP contribution in [0.2, 0.25) is 5.02 Å². The third-order valence-corrected chi connectivity index (χ3v) is 3.23. The van der Waals surface area contributed by atoms with Gasteiger partial charge in [-0.05, 0) is 17.7 Å². The number of pyridine rings is 1. The zero-order chi connectivity index (χ0) is 16.4. The highest BCUT2D eigenvalue weighted by Crippen LogP contribution is 2.29. The van der Waals surface area contributed by atoms with E-state index in [0.717, 1.165) is 6.20 Å². The largest absolute Gasteiger partial charge is 0.338 e. The minimum atomic E-state index is -1.07. The Morgan fingerprint density at radius 2 is 1.91 bits per heavy atom. The molecule has 3 rings (SSSR count). The lowest BCUT2D eigenvalue weighted by molar-refractivity contribution is 0.101. The molecule has 5 nitrogen and oxygen atoms in total. The van der Waals surface area contributed by atoms with Crippen molar-refractivity contribution in [3.8, 4) is 11.1 Å². The number of halogens is 3. The molecule has 0 fully saturated rings. The van der Waals surface area contributed by atoms with Gasteiger partial charge >= 0.3 is 0 Å². The Labute approximate surface area is 133 Å². The Morgan fingerprint density at radius 3 is 2.61 bits per heavy atom. The highest BCUT2D eigenvalue weighted by molar-refractivity contribution is 6.30. The van der Waals surface area contributed by atoms with Crippen molar-refractivity contribution in [3.05, 3.63) is 65.1 Å². The molecule has 0 aliphatic heterocycles. The van der Waals surface area contributed by atoms with Crippen molar-refractivity contribution >= 4 is 23.4 Å². The summed E-state index contributed by atoms with van der Waals surface area (Å²) in [4.78, 5) is 15.5. The average Bonchev–Trinajstić information content (AvgIpc) is 2.96. The van der Waals surface area contributed by atoms with Gasteiger partial charge < -0.3 is 4.52 Å². The molecule has 0 aliphatic rings. The van der Waals surface area contributed by atoms with Crippen LogP contribution in [-0.2, 0) is 0 Å². The maximum atomic E-state index is 13.6. The first kappa shape index (κ1) is 15.1. The van der Waals surface area contributed by atoms with Crippen LogP contribution in [-0.4, -0.2) is 16.0 Å². The first-order valence-electron chi connectivity index (χ1n) is 6.37. The van der Waals surface area contributed by atoms with Gasteiger partial charge in [-0.2, -0.15) is 0 Å². The molecule has 0 spiro atoms. The summed E-state index contributed by atoms with van der Waals surface area (Å²) in [5, 5.41) is 6.51. The monoisotopic (exact) mass is 335 g/mol. The van der Waals surface area contributed by atoms with Gasteiger partial charge in [0.05, 0.1) is 18.0 Å². The number of nitrogens with one attached hydrogen (secondary N) is 1. The second-order valence-electron chi connectivity index (χ2n) is 4.51. The molecule has 0 saturated carbocycles. The van der Waals surface area contributed by atoms with Gasteiger partial charge in [-0.15, -0.1) is 0 Å². The molecule has 0 atom stereocenters. The van der Waals surface area contributed by atoms with Crippen LogP contribution >= 0.6 is 11.6 Å². The highest BCUT2D eigenvalue weighted by Gasteiger charge is 2.19. The lowest BCUT2D eigenvalue weighted by atomic mass is 10.1. The van der Waals surface area contributed by atoms with E-state index in [1.54, 1.807) is 24.3 Å². The molecule has 116 valence electrons. The second-order valence-corrected chi connectivity index (χ2v) is 4.95. The van der Waals surface area contributed by atoms with E-state index in [1.165, 1.54) is 6.20 Å². The third kappa shape index (κ3) is 3.19. The molecule has 1 amide bonds. The summed E-state index contributed by atoms with van der Waals surface area (Å²) in [5.74, 6) is -2.81. The minimum absolute atomic E-state index is 0.0165. The van der Waals surface area contributed by atoms with Crippen LogP contribution in [0.25, 0.3) is 11.1 Å². The van der Waals surface area contributed by atoms with Gasteiger partial charge in [0, 0.05) is 11.1 Å². The second kappa shape index (κ2) is 6.13. The van der Waals surface area contributed by atoms with Crippen molar-refractivity contribution in [1.82, 2.24) is 10.1 Å². The standard InChI is InChI=1S/C15H8ClF2N3O2/c16-9-3-1-8(2-4-9)11-7-20-23-15(11)21-14(22)13-12(18)5-10(17)6-19-13/h1-7H,(H,21,22). The summed E-state index contributed by atoms with van der Waals surface area (Å²) in [6.07, 6.45) is 2.14. The third-order valence-electron chi connectivity index (χ3n) is 2.98. The van der Waals surface area contributed by atoms with Crippen molar-refractivity contribution in [2.45, 2.75) is 0 Å². The topological polar surface area (TPSA) is 68.0 Å². The molecule has 0 aliphatic carbocycles.